The summed E-state index contributed by atoms with van der Waals surface area (Å²) < 4.78 is 9.77. The quantitative estimate of drug-likeness (QED) is 0.257. The highest BCUT2D eigenvalue weighted by atomic mass is 16.6. The third-order valence-electron chi connectivity index (χ3n) is 4.90. The molecule has 1 atom stereocenters. The Hall–Kier alpha value is -3.74. The Morgan fingerprint density at radius 2 is 1.63 bits per heavy atom. The van der Waals surface area contributed by atoms with E-state index in [1.807, 2.05) is 0 Å². The molecule has 3 rings (SSSR count). The third-order valence-corrected chi connectivity index (χ3v) is 4.90. The van der Waals surface area contributed by atoms with Crippen LogP contribution in [0.2, 0.25) is 0 Å². The number of hydrogen-bond donors (Lipinski definition) is 1. The topological polar surface area (TPSA) is 107 Å². The minimum absolute atomic E-state index is 0.00321. The molecule has 7 nitrogen and oxygen atoms in total. The lowest BCUT2D eigenvalue weighted by atomic mass is 9.95. The Morgan fingerprint density at radius 3 is 2.20 bits per heavy atom. The van der Waals surface area contributed by atoms with Crippen LogP contribution in [0.5, 0.6) is 5.75 Å². The van der Waals surface area contributed by atoms with Crippen molar-refractivity contribution in [3.63, 3.8) is 0 Å². The fraction of sp³-hybridized carbons (Fsp3) is 0.217. The number of aliphatic hydroxyl groups is 1. The van der Waals surface area contributed by atoms with Crippen LogP contribution in [0, 0.1) is 0 Å². The fourth-order valence-corrected chi connectivity index (χ4v) is 3.36. The lowest BCUT2D eigenvalue weighted by Gasteiger charge is -2.09. The Labute approximate surface area is 172 Å². The van der Waals surface area contributed by atoms with Gasteiger partial charge in [0.1, 0.15) is 23.2 Å². The molecule has 0 saturated heterocycles. The van der Waals surface area contributed by atoms with Crippen LogP contribution in [0.15, 0.2) is 42.5 Å². The van der Waals surface area contributed by atoms with Gasteiger partial charge in [0.15, 0.2) is 18.2 Å². The predicted molar refractivity (Wildman–Crippen MR) is 108 cm³/mol. The van der Waals surface area contributed by atoms with Crippen LogP contribution >= 0.6 is 0 Å². The Morgan fingerprint density at radius 1 is 1.00 bits per heavy atom. The molecule has 0 fully saturated rings. The van der Waals surface area contributed by atoms with Gasteiger partial charge in [0.05, 0.1) is 12.7 Å². The maximum atomic E-state index is 13.0. The van der Waals surface area contributed by atoms with Crippen molar-refractivity contribution in [1.29, 1.82) is 0 Å². The van der Waals surface area contributed by atoms with Crippen molar-refractivity contribution in [2.45, 2.75) is 19.8 Å². The first-order valence-corrected chi connectivity index (χ1v) is 9.17. The summed E-state index contributed by atoms with van der Waals surface area (Å²) in [5.74, 6) is -2.52. The molecule has 2 aromatic carbocycles. The lowest BCUT2D eigenvalue weighted by Crippen LogP contribution is -2.14. The maximum Gasteiger partial charge on any atom is 0.343 e. The number of hydrogen-bond acceptors (Lipinski definition) is 7. The van der Waals surface area contributed by atoms with Crippen LogP contribution in [-0.2, 0) is 19.1 Å². The summed E-state index contributed by atoms with van der Waals surface area (Å²) in [5.41, 5.74) is 1.54. The summed E-state index contributed by atoms with van der Waals surface area (Å²) in [6.07, 6.45) is 0. The molecule has 1 unspecified atom stereocenters. The molecule has 0 amide bonds. The van der Waals surface area contributed by atoms with Crippen molar-refractivity contribution in [2.24, 2.45) is 0 Å². The number of aliphatic hydroxyl groups excluding tert-OH is 1. The molecule has 0 heterocycles. The minimum Gasteiger partial charge on any atom is -0.507 e. The highest BCUT2D eigenvalue weighted by Crippen LogP contribution is 2.42. The Bertz CT molecular complexity index is 1080. The van der Waals surface area contributed by atoms with Crippen molar-refractivity contribution < 1.29 is 33.8 Å². The number of ether oxygens (including phenoxy) is 2. The molecule has 0 spiro atoms. The summed E-state index contributed by atoms with van der Waals surface area (Å²) in [4.78, 5) is 48.0. The number of esters is 1. The molecule has 0 bridgehead atoms. The summed E-state index contributed by atoms with van der Waals surface area (Å²) in [5, 5.41) is 10.9. The third kappa shape index (κ3) is 3.87. The molecule has 0 aromatic heterocycles. The van der Waals surface area contributed by atoms with E-state index < -0.39 is 17.7 Å². The highest BCUT2D eigenvalue weighted by molar-refractivity contribution is 6.38. The fourth-order valence-electron chi connectivity index (χ4n) is 3.36. The van der Waals surface area contributed by atoms with E-state index in [2.05, 4.69) is 4.74 Å². The number of benzene rings is 2. The lowest BCUT2D eigenvalue weighted by molar-refractivity contribution is -0.143. The second kappa shape index (κ2) is 8.32. The molecule has 0 radical (unpaired) electrons. The average Bonchev–Trinajstić information content (AvgIpc) is 3.02. The second-order valence-electron chi connectivity index (χ2n) is 6.88. The molecule has 1 aliphatic carbocycles. The first-order chi connectivity index (χ1) is 14.2. The minimum atomic E-state index is -1.01. The average molecular weight is 408 g/mol. The summed E-state index contributed by atoms with van der Waals surface area (Å²) in [7, 11) is 1.25. The van der Waals surface area contributed by atoms with Crippen LogP contribution in [-0.4, -0.2) is 42.1 Å². The molecule has 1 N–H and O–H groups in total. The van der Waals surface area contributed by atoms with Crippen LogP contribution in [0.3, 0.4) is 0 Å². The van der Waals surface area contributed by atoms with Crippen molar-refractivity contribution in [3.05, 3.63) is 64.7 Å². The first kappa shape index (κ1) is 21.0. The summed E-state index contributed by atoms with van der Waals surface area (Å²) >= 11 is 0. The van der Waals surface area contributed by atoms with Gasteiger partial charge in [0.25, 0.3) is 0 Å². The summed E-state index contributed by atoms with van der Waals surface area (Å²) in [6, 6.07) is 10.8. The van der Waals surface area contributed by atoms with Gasteiger partial charge in [0.2, 0.25) is 0 Å². The van der Waals surface area contributed by atoms with Gasteiger partial charge in [-0.1, -0.05) is 12.1 Å². The van der Waals surface area contributed by atoms with Gasteiger partial charge in [-0.15, -0.1) is 0 Å². The molecular formula is C23H20O7. The number of methoxy groups -OCH3 is 1. The van der Waals surface area contributed by atoms with Gasteiger partial charge in [-0.25, -0.2) is 4.79 Å². The second-order valence-corrected chi connectivity index (χ2v) is 6.88. The molecule has 0 saturated carbocycles. The first-order valence-electron chi connectivity index (χ1n) is 9.17. The van der Waals surface area contributed by atoms with Gasteiger partial charge >= 0.3 is 5.97 Å². The Balaban J connectivity index is 2.03. The van der Waals surface area contributed by atoms with Gasteiger partial charge in [0, 0.05) is 11.1 Å². The van der Waals surface area contributed by atoms with Gasteiger partial charge in [-0.3, -0.25) is 14.4 Å². The number of Topliss-reactive ketones (excluding diaryl/α,β-unsaturated/α-hetero) is 3. The van der Waals surface area contributed by atoms with E-state index in [0.29, 0.717) is 28.0 Å². The molecule has 0 aliphatic heterocycles. The SMILES string of the molecule is COC(=O)COc1ccc(/C(O)=C2/C(=O)C(C(C)=O)c3ccc(C(C)=O)cc32)cc1. The van der Waals surface area contributed by atoms with Crippen molar-refractivity contribution in [2.75, 3.05) is 13.7 Å². The monoisotopic (exact) mass is 408 g/mol. The van der Waals surface area contributed by atoms with E-state index in [1.54, 1.807) is 12.1 Å². The van der Waals surface area contributed by atoms with E-state index in [9.17, 15) is 24.3 Å². The van der Waals surface area contributed by atoms with E-state index in [4.69, 9.17) is 4.74 Å². The maximum absolute atomic E-state index is 13.0. The smallest absolute Gasteiger partial charge is 0.343 e. The van der Waals surface area contributed by atoms with Gasteiger partial charge < -0.3 is 14.6 Å². The largest absolute Gasteiger partial charge is 0.507 e. The number of rotatable bonds is 6. The predicted octanol–water partition coefficient (Wildman–Crippen LogP) is 3.12. The zero-order valence-corrected chi connectivity index (χ0v) is 16.7. The van der Waals surface area contributed by atoms with Crippen molar-refractivity contribution in [3.8, 4) is 5.75 Å². The number of ketones is 3. The molecule has 30 heavy (non-hydrogen) atoms. The van der Waals surface area contributed by atoms with Gasteiger partial charge in [-0.05, 0) is 55.3 Å². The van der Waals surface area contributed by atoms with E-state index in [-0.39, 0.29) is 29.5 Å². The number of carbonyl (C=O) groups is 4. The number of fused-ring (bicyclic) bond motifs is 1. The van der Waals surface area contributed by atoms with Crippen LogP contribution < -0.4 is 4.74 Å². The number of allylic oxidation sites excluding steroid dienone is 1. The van der Waals surface area contributed by atoms with E-state index in [0.717, 1.165) is 0 Å². The zero-order chi connectivity index (χ0) is 22.0. The van der Waals surface area contributed by atoms with Crippen LogP contribution in [0.1, 0.15) is 46.8 Å². The van der Waals surface area contributed by atoms with Crippen molar-refractivity contribution in [1.82, 2.24) is 0 Å². The normalized spacial score (nSPS) is 16.6. The summed E-state index contributed by atoms with van der Waals surface area (Å²) in [6.45, 7) is 2.46. The van der Waals surface area contributed by atoms with Crippen molar-refractivity contribution >= 4 is 34.7 Å². The molecular weight excluding hydrogens is 388 g/mol. The highest BCUT2D eigenvalue weighted by Gasteiger charge is 2.40. The van der Waals surface area contributed by atoms with Crippen LogP contribution in [0.4, 0.5) is 0 Å². The standard InChI is InChI=1S/C23H20O7/c1-12(24)15-6-9-17-18(10-15)21(23(28)20(17)13(2)25)22(27)14-4-7-16(8-5-14)30-11-19(26)29-3/h4-10,20,27H,11H2,1-3H3/b22-21-. The molecule has 7 heteroatoms. The zero-order valence-electron chi connectivity index (χ0n) is 16.7. The van der Waals surface area contributed by atoms with Crippen LogP contribution in [0.25, 0.3) is 11.3 Å². The molecule has 1 aliphatic rings. The van der Waals surface area contributed by atoms with E-state index >= 15 is 0 Å². The molecule has 154 valence electrons. The van der Waals surface area contributed by atoms with E-state index in [1.165, 1.54) is 51.3 Å². The Kier molecular flexibility index (Phi) is 5.82. The number of carbonyl (C=O) groups excluding carboxylic acids is 4. The van der Waals surface area contributed by atoms with Gasteiger partial charge in [-0.2, -0.15) is 0 Å². The molecule has 2 aromatic rings.